The third-order valence-corrected chi connectivity index (χ3v) is 6.51. The summed E-state index contributed by atoms with van der Waals surface area (Å²) in [6.45, 7) is 2.89. The monoisotopic (exact) mass is 484 g/mol. The number of benzene rings is 1. The summed E-state index contributed by atoms with van der Waals surface area (Å²) in [6.07, 6.45) is 3.72. The summed E-state index contributed by atoms with van der Waals surface area (Å²) in [5, 5.41) is 5.64. The van der Waals surface area contributed by atoms with E-state index in [1.54, 1.807) is 26.5 Å². The Morgan fingerprint density at radius 2 is 1.77 bits per heavy atom. The Kier molecular flexibility index (Phi) is 8.16. The Morgan fingerprint density at radius 3 is 2.37 bits per heavy atom. The Hall–Kier alpha value is -1.61. The number of fused-ring (bicyclic) bond motifs is 1. The first kappa shape index (κ1) is 23.1. The molecule has 3 aromatic rings. The van der Waals surface area contributed by atoms with Crippen LogP contribution in [-0.2, 0) is 0 Å². The van der Waals surface area contributed by atoms with Gasteiger partial charge in [0.25, 0.3) is 0 Å². The number of nitrogens with zero attached hydrogens (tertiary/aromatic N) is 3. The molecular formula is C20H22Cl2N4O2S2. The maximum absolute atomic E-state index is 6.61. The predicted octanol–water partition coefficient (Wildman–Crippen LogP) is 5.90. The highest BCUT2D eigenvalue weighted by atomic mass is 35.5. The zero-order valence-corrected chi connectivity index (χ0v) is 20.2. The second kappa shape index (κ2) is 10.6. The van der Waals surface area contributed by atoms with Crippen molar-refractivity contribution >= 4 is 63.4 Å². The van der Waals surface area contributed by atoms with Crippen molar-refractivity contribution in [1.29, 1.82) is 0 Å². The standard InChI is InChI=1S/C20H22Cl2N4O2S2/c1-5-30-7-6-23-19-18-11(10-24-20(26-18)29-4)8-12(25-19)15-16(21)13(27-2)9-14(28-3)17(15)22/h8-10H,5-7H2,1-4H3,(H,23,25). The lowest BCUT2D eigenvalue weighted by molar-refractivity contribution is 0.395. The van der Waals surface area contributed by atoms with Crippen molar-refractivity contribution in [3.05, 3.63) is 28.4 Å². The number of methoxy groups -OCH3 is 2. The van der Waals surface area contributed by atoms with Crippen molar-refractivity contribution in [2.75, 3.05) is 43.8 Å². The fourth-order valence-corrected chi connectivity index (χ4v) is 4.44. The third-order valence-electron chi connectivity index (χ3n) is 4.30. The molecule has 0 amide bonds. The van der Waals surface area contributed by atoms with E-state index in [1.807, 2.05) is 24.1 Å². The van der Waals surface area contributed by atoms with Crippen molar-refractivity contribution in [1.82, 2.24) is 15.0 Å². The smallest absolute Gasteiger partial charge is 0.187 e. The molecule has 30 heavy (non-hydrogen) atoms. The minimum atomic E-state index is 0.365. The first-order valence-electron chi connectivity index (χ1n) is 9.17. The number of aromatic nitrogens is 3. The summed E-state index contributed by atoms with van der Waals surface area (Å²) in [5.41, 5.74) is 1.87. The first-order valence-corrected chi connectivity index (χ1v) is 12.3. The van der Waals surface area contributed by atoms with Crippen LogP contribution < -0.4 is 14.8 Å². The van der Waals surface area contributed by atoms with Crippen LogP contribution >= 0.6 is 46.7 Å². The van der Waals surface area contributed by atoms with Crippen LogP contribution in [0.5, 0.6) is 11.5 Å². The second-order valence-electron chi connectivity index (χ2n) is 6.06. The molecule has 0 aliphatic rings. The van der Waals surface area contributed by atoms with Gasteiger partial charge < -0.3 is 14.8 Å². The summed E-state index contributed by atoms with van der Waals surface area (Å²) < 4.78 is 10.8. The van der Waals surface area contributed by atoms with Crippen molar-refractivity contribution in [3.63, 3.8) is 0 Å². The third kappa shape index (κ3) is 4.82. The number of thioether (sulfide) groups is 2. The maximum Gasteiger partial charge on any atom is 0.187 e. The minimum absolute atomic E-state index is 0.365. The van der Waals surface area contributed by atoms with E-state index in [9.17, 15) is 0 Å². The quantitative estimate of drug-likeness (QED) is 0.228. The SMILES string of the molecule is CCSCCNc1nc(-c2c(Cl)c(OC)cc(OC)c2Cl)cc2cnc(SC)nc12. The normalized spacial score (nSPS) is 11.0. The van der Waals surface area contributed by atoms with E-state index in [-0.39, 0.29) is 0 Å². The summed E-state index contributed by atoms with van der Waals surface area (Å²) in [6, 6.07) is 3.53. The van der Waals surface area contributed by atoms with Gasteiger partial charge in [0.1, 0.15) is 17.0 Å². The molecule has 10 heteroatoms. The molecule has 2 heterocycles. The zero-order chi connectivity index (χ0) is 21.7. The van der Waals surface area contributed by atoms with E-state index in [0.29, 0.717) is 43.8 Å². The van der Waals surface area contributed by atoms with Gasteiger partial charge in [0.05, 0.1) is 30.0 Å². The van der Waals surface area contributed by atoms with Crippen LogP contribution in [0.25, 0.3) is 22.2 Å². The zero-order valence-electron chi connectivity index (χ0n) is 17.1. The van der Waals surface area contributed by atoms with Gasteiger partial charge in [0.15, 0.2) is 11.0 Å². The summed E-state index contributed by atoms with van der Waals surface area (Å²) in [4.78, 5) is 13.9. The molecule has 0 atom stereocenters. The Labute approximate surface area is 194 Å². The molecule has 0 aliphatic heterocycles. The number of rotatable bonds is 9. The van der Waals surface area contributed by atoms with Crippen LogP contribution in [0.2, 0.25) is 10.0 Å². The number of halogens is 2. The minimum Gasteiger partial charge on any atom is -0.495 e. The summed E-state index contributed by atoms with van der Waals surface area (Å²) >= 11 is 16.6. The summed E-state index contributed by atoms with van der Waals surface area (Å²) in [5.74, 6) is 3.59. The number of hydrogen-bond acceptors (Lipinski definition) is 8. The van der Waals surface area contributed by atoms with E-state index in [0.717, 1.165) is 29.0 Å². The molecule has 160 valence electrons. The molecule has 0 spiro atoms. The Balaban J connectivity index is 2.20. The number of pyridine rings is 1. The highest BCUT2D eigenvalue weighted by molar-refractivity contribution is 7.99. The van der Waals surface area contributed by atoms with Crippen LogP contribution in [0.4, 0.5) is 5.82 Å². The highest BCUT2D eigenvalue weighted by Crippen LogP contribution is 2.46. The van der Waals surface area contributed by atoms with Gasteiger partial charge in [-0.05, 0) is 18.1 Å². The molecule has 1 aromatic carbocycles. The van der Waals surface area contributed by atoms with Crippen molar-refractivity contribution in [3.8, 4) is 22.8 Å². The average molecular weight is 485 g/mol. The van der Waals surface area contributed by atoms with E-state index in [1.165, 1.54) is 11.8 Å². The lowest BCUT2D eigenvalue weighted by Crippen LogP contribution is -2.08. The van der Waals surface area contributed by atoms with Gasteiger partial charge in [0, 0.05) is 35.5 Å². The molecule has 6 nitrogen and oxygen atoms in total. The molecule has 3 rings (SSSR count). The van der Waals surface area contributed by atoms with Crippen LogP contribution in [0, 0.1) is 0 Å². The van der Waals surface area contributed by atoms with Crippen molar-refractivity contribution in [2.45, 2.75) is 12.1 Å². The highest BCUT2D eigenvalue weighted by Gasteiger charge is 2.21. The lowest BCUT2D eigenvalue weighted by Gasteiger charge is -2.16. The Morgan fingerprint density at radius 1 is 1.07 bits per heavy atom. The fraction of sp³-hybridized carbons (Fsp3) is 0.350. The van der Waals surface area contributed by atoms with Gasteiger partial charge in [-0.2, -0.15) is 11.8 Å². The molecule has 0 radical (unpaired) electrons. The molecule has 0 aliphatic carbocycles. The van der Waals surface area contributed by atoms with Crippen molar-refractivity contribution < 1.29 is 9.47 Å². The average Bonchev–Trinajstić information content (AvgIpc) is 2.76. The van der Waals surface area contributed by atoms with E-state index >= 15 is 0 Å². The summed E-state index contributed by atoms with van der Waals surface area (Å²) in [7, 11) is 3.09. The van der Waals surface area contributed by atoms with Gasteiger partial charge in [-0.3, -0.25) is 0 Å². The fourth-order valence-electron chi connectivity index (χ4n) is 2.87. The molecular weight excluding hydrogens is 463 g/mol. The first-order chi connectivity index (χ1) is 14.5. The van der Waals surface area contributed by atoms with Gasteiger partial charge >= 0.3 is 0 Å². The molecule has 2 aromatic heterocycles. The van der Waals surface area contributed by atoms with E-state index < -0.39 is 0 Å². The second-order valence-corrected chi connectivity index (χ2v) is 8.98. The van der Waals surface area contributed by atoms with Gasteiger partial charge in [-0.25, -0.2) is 15.0 Å². The van der Waals surface area contributed by atoms with Crippen molar-refractivity contribution in [2.24, 2.45) is 0 Å². The van der Waals surface area contributed by atoms with Crippen LogP contribution in [0.3, 0.4) is 0 Å². The molecule has 0 saturated heterocycles. The largest absolute Gasteiger partial charge is 0.495 e. The molecule has 0 fully saturated rings. The molecule has 0 unspecified atom stereocenters. The van der Waals surface area contributed by atoms with Gasteiger partial charge in [-0.1, -0.05) is 41.9 Å². The Bertz CT molecular complexity index is 1020. The number of ether oxygens (including phenoxy) is 2. The van der Waals surface area contributed by atoms with Crippen LogP contribution in [-0.4, -0.2) is 53.5 Å². The predicted molar refractivity (Wildman–Crippen MR) is 129 cm³/mol. The molecule has 0 saturated carbocycles. The van der Waals surface area contributed by atoms with E-state index in [4.69, 9.17) is 37.7 Å². The van der Waals surface area contributed by atoms with Crippen LogP contribution in [0.1, 0.15) is 6.92 Å². The lowest BCUT2D eigenvalue weighted by atomic mass is 10.1. The van der Waals surface area contributed by atoms with Gasteiger partial charge in [-0.15, -0.1) is 0 Å². The van der Waals surface area contributed by atoms with Gasteiger partial charge in [0.2, 0.25) is 0 Å². The number of hydrogen-bond donors (Lipinski definition) is 1. The van der Waals surface area contributed by atoms with E-state index in [2.05, 4.69) is 22.2 Å². The molecule has 0 bridgehead atoms. The molecule has 1 N–H and O–H groups in total. The van der Waals surface area contributed by atoms with Crippen LogP contribution in [0.15, 0.2) is 23.5 Å². The number of nitrogens with one attached hydrogen (secondary N) is 1. The maximum atomic E-state index is 6.61. The number of anilines is 1. The topological polar surface area (TPSA) is 69.2 Å².